The molecule has 0 aliphatic carbocycles. The first-order chi connectivity index (χ1) is 16.2. The molecule has 2 aromatic heterocycles. The first-order valence-electron chi connectivity index (χ1n) is 10.4. The van der Waals surface area contributed by atoms with Gasteiger partial charge in [0.15, 0.2) is 11.0 Å². The maximum atomic E-state index is 13.0. The maximum absolute atomic E-state index is 13.0. The van der Waals surface area contributed by atoms with Gasteiger partial charge in [-0.1, -0.05) is 30.0 Å². The Morgan fingerprint density at radius 1 is 0.970 bits per heavy atom. The zero-order valence-electron chi connectivity index (χ0n) is 17.7. The Kier molecular flexibility index (Phi) is 8.10. The van der Waals surface area contributed by atoms with E-state index in [0.717, 1.165) is 28.3 Å². The van der Waals surface area contributed by atoms with Crippen LogP contribution in [0.4, 0.5) is 4.39 Å². The van der Waals surface area contributed by atoms with E-state index in [4.69, 9.17) is 0 Å². The van der Waals surface area contributed by atoms with E-state index in [1.165, 1.54) is 23.9 Å². The van der Waals surface area contributed by atoms with Crippen molar-refractivity contribution in [3.05, 3.63) is 84.9 Å². The van der Waals surface area contributed by atoms with Crippen molar-refractivity contribution in [2.45, 2.75) is 16.5 Å². The molecular formula is C24H22FN5OS2. The number of para-hydroxylation sites is 1. The molecule has 4 aromatic rings. The van der Waals surface area contributed by atoms with Gasteiger partial charge in [-0.3, -0.25) is 14.3 Å². The molecule has 6 nitrogen and oxygen atoms in total. The van der Waals surface area contributed by atoms with Gasteiger partial charge in [-0.15, -0.1) is 22.0 Å². The van der Waals surface area contributed by atoms with Gasteiger partial charge in [0.05, 0.1) is 5.75 Å². The quantitative estimate of drug-likeness (QED) is 0.259. The number of hydrogen-bond donors (Lipinski definition) is 1. The molecule has 0 aliphatic heterocycles. The molecule has 168 valence electrons. The molecule has 9 heteroatoms. The highest BCUT2D eigenvalue weighted by molar-refractivity contribution is 7.99. The highest BCUT2D eigenvalue weighted by atomic mass is 32.2. The first-order valence-corrected chi connectivity index (χ1v) is 12.4. The van der Waals surface area contributed by atoms with Crippen LogP contribution < -0.4 is 5.32 Å². The maximum Gasteiger partial charge on any atom is 0.230 e. The Morgan fingerprint density at radius 2 is 1.79 bits per heavy atom. The summed E-state index contributed by atoms with van der Waals surface area (Å²) < 4.78 is 14.9. The molecule has 0 atom stereocenters. The van der Waals surface area contributed by atoms with Crippen molar-refractivity contribution < 1.29 is 9.18 Å². The fourth-order valence-electron chi connectivity index (χ4n) is 3.06. The van der Waals surface area contributed by atoms with Crippen LogP contribution in [-0.4, -0.2) is 43.7 Å². The Balaban J connectivity index is 1.32. The molecule has 2 aromatic carbocycles. The molecule has 0 bridgehead atoms. The summed E-state index contributed by atoms with van der Waals surface area (Å²) in [6, 6.07) is 20.0. The van der Waals surface area contributed by atoms with Gasteiger partial charge in [0.25, 0.3) is 0 Å². The molecule has 0 saturated carbocycles. The van der Waals surface area contributed by atoms with Crippen molar-refractivity contribution in [2.24, 2.45) is 0 Å². The van der Waals surface area contributed by atoms with E-state index in [1.54, 1.807) is 36.3 Å². The number of rotatable bonds is 10. The van der Waals surface area contributed by atoms with Crippen LogP contribution >= 0.6 is 23.5 Å². The topological polar surface area (TPSA) is 72.7 Å². The molecular weight excluding hydrogens is 457 g/mol. The second kappa shape index (κ2) is 11.6. The van der Waals surface area contributed by atoms with Gasteiger partial charge < -0.3 is 5.32 Å². The SMILES string of the molecule is O=C(CSc1nnc(-c2cccnc2)n1-c1ccccc1)NCCCSc1ccc(F)cc1. The van der Waals surface area contributed by atoms with Crippen molar-refractivity contribution in [3.8, 4) is 17.1 Å². The van der Waals surface area contributed by atoms with Gasteiger partial charge in [0, 0.05) is 35.1 Å². The van der Waals surface area contributed by atoms with Gasteiger partial charge in [-0.25, -0.2) is 4.39 Å². The lowest BCUT2D eigenvalue weighted by Gasteiger charge is -2.10. The Labute approximate surface area is 200 Å². The number of halogens is 1. The van der Waals surface area contributed by atoms with E-state index in [-0.39, 0.29) is 17.5 Å². The lowest BCUT2D eigenvalue weighted by atomic mass is 10.2. The lowest BCUT2D eigenvalue weighted by molar-refractivity contribution is -0.118. The van der Waals surface area contributed by atoms with Crippen LogP contribution in [0, 0.1) is 5.82 Å². The number of carbonyl (C=O) groups excluding carboxylic acids is 1. The van der Waals surface area contributed by atoms with E-state index >= 15 is 0 Å². The normalized spacial score (nSPS) is 10.8. The molecule has 0 aliphatic rings. The number of hydrogen-bond acceptors (Lipinski definition) is 6. The minimum Gasteiger partial charge on any atom is -0.355 e. The third-order valence-corrected chi connectivity index (χ3v) is 6.65. The molecule has 0 radical (unpaired) electrons. The molecule has 33 heavy (non-hydrogen) atoms. The fourth-order valence-corrected chi connectivity index (χ4v) is 4.69. The van der Waals surface area contributed by atoms with Crippen molar-refractivity contribution in [3.63, 3.8) is 0 Å². The minimum atomic E-state index is -0.236. The smallest absolute Gasteiger partial charge is 0.230 e. The number of pyridine rings is 1. The van der Waals surface area contributed by atoms with Crippen molar-refractivity contribution in [1.82, 2.24) is 25.1 Å². The molecule has 0 fully saturated rings. The number of nitrogens with zero attached hydrogens (tertiary/aromatic N) is 4. The number of thioether (sulfide) groups is 2. The number of benzene rings is 2. The summed E-state index contributed by atoms with van der Waals surface area (Å²) >= 11 is 2.99. The fraction of sp³-hybridized carbons (Fsp3) is 0.167. The number of nitrogens with one attached hydrogen (secondary N) is 1. The van der Waals surface area contributed by atoms with Crippen LogP contribution in [0.25, 0.3) is 17.1 Å². The van der Waals surface area contributed by atoms with E-state index in [1.807, 2.05) is 47.0 Å². The largest absolute Gasteiger partial charge is 0.355 e. The van der Waals surface area contributed by atoms with Crippen molar-refractivity contribution in [2.75, 3.05) is 18.1 Å². The summed E-state index contributed by atoms with van der Waals surface area (Å²) in [4.78, 5) is 17.6. The van der Waals surface area contributed by atoms with Gasteiger partial charge in [0.1, 0.15) is 5.82 Å². The molecule has 1 N–H and O–H groups in total. The molecule has 2 heterocycles. The number of amides is 1. The Morgan fingerprint density at radius 3 is 2.55 bits per heavy atom. The highest BCUT2D eigenvalue weighted by Gasteiger charge is 2.17. The first kappa shape index (κ1) is 23.0. The summed E-state index contributed by atoms with van der Waals surface area (Å²) in [7, 11) is 0. The van der Waals surface area contributed by atoms with E-state index < -0.39 is 0 Å². The summed E-state index contributed by atoms with van der Waals surface area (Å²) in [6.07, 6.45) is 4.28. The van der Waals surface area contributed by atoms with E-state index in [9.17, 15) is 9.18 Å². The van der Waals surface area contributed by atoms with Gasteiger partial charge >= 0.3 is 0 Å². The summed E-state index contributed by atoms with van der Waals surface area (Å²) in [5.74, 6) is 1.46. The molecule has 1 amide bonds. The van der Waals surface area contributed by atoms with Crippen LogP contribution in [0.1, 0.15) is 6.42 Å². The predicted molar refractivity (Wildman–Crippen MR) is 130 cm³/mol. The van der Waals surface area contributed by atoms with E-state index in [2.05, 4.69) is 20.5 Å². The lowest BCUT2D eigenvalue weighted by Crippen LogP contribution is -2.26. The summed E-state index contributed by atoms with van der Waals surface area (Å²) in [5, 5.41) is 12.3. The Bertz CT molecular complexity index is 1170. The van der Waals surface area contributed by atoms with Gasteiger partial charge in [-0.05, 0) is 60.7 Å². The van der Waals surface area contributed by atoms with Gasteiger partial charge in [-0.2, -0.15) is 0 Å². The van der Waals surface area contributed by atoms with Gasteiger partial charge in [0.2, 0.25) is 5.91 Å². The zero-order chi connectivity index (χ0) is 22.9. The average Bonchev–Trinajstić information content (AvgIpc) is 3.29. The molecule has 0 spiro atoms. The Hall–Kier alpha value is -3.17. The predicted octanol–water partition coefficient (Wildman–Crippen LogP) is 4.86. The number of aromatic nitrogens is 4. The second-order valence-electron chi connectivity index (χ2n) is 7.01. The van der Waals surface area contributed by atoms with Crippen molar-refractivity contribution in [1.29, 1.82) is 0 Å². The van der Waals surface area contributed by atoms with Crippen LogP contribution in [0.15, 0.2) is 89.2 Å². The standard InChI is InChI=1S/C24H22FN5OS2/c25-19-9-11-21(12-10-19)32-15-5-14-27-22(31)17-33-24-29-28-23(18-6-4-13-26-16-18)30(24)20-7-2-1-3-8-20/h1-4,6-13,16H,5,14-15,17H2,(H,27,31). The van der Waals surface area contributed by atoms with E-state index in [0.29, 0.717) is 17.5 Å². The van der Waals surface area contributed by atoms with Crippen LogP contribution in [0.2, 0.25) is 0 Å². The third kappa shape index (κ3) is 6.43. The summed E-state index contributed by atoms with van der Waals surface area (Å²) in [5.41, 5.74) is 1.77. The second-order valence-corrected chi connectivity index (χ2v) is 9.12. The van der Waals surface area contributed by atoms with Crippen LogP contribution in [-0.2, 0) is 4.79 Å². The molecule has 4 rings (SSSR count). The zero-order valence-corrected chi connectivity index (χ0v) is 19.4. The minimum absolute atomic E-state index is 0.0580. The van der Waals surface area contributed by atoms with Crippen molar-refractivity contribution >= 4 is 29.4 Å². The monoisotopic (exact) mass is 479 g/mol. The number of carbonyl (C=O) groups is 1. The third-order valence-electron chi connectivity index (χ3n) is 4.63. The molecule has 0 unspecified atom stereocenters. The summed E-state index contributed by atoms with van der Waals surface area (Å²) in [6.45, 7) is 0.583. The average molecular weight is 480 g/mol. The molecule has 0 saturated heterocycles. The highest BCUT2D eigenvalue weighted by Crippen LogP contribution is 2.27. The van der Waals surface area contributed by atoms with Crippen LogP contribution in [0.3, 0.4) is 0 Å². The van der Waals surface area contributed by atoms with Crippen LogP contribution in [0.5, 0.6) is 0 Å².